The Morgan fingerprint density at radius 2 is 2.07 bits per heavy atom. The van der Waals surface area contributed by atoms with Gasteiger partial charge in [0.2, 0.25) is 12.7 Å². The van der Waals surface area contributed by atoms with Gasteiger partial charge in [-0.3, -0.25) is 4.79 Å². The number of amides is 1. The molecule has 0 aliphatic carbocycles. The van der Waals surface area contributed by atoms with Gasteiger partial charge in [-0.2, -0.15) is 0 Å². The van der Waals surface area contributed by atoms with Crippen molar-refractivity contribution in [1.29, 1.82) is 0 Å². The molecular weight excluding hydrogens is 364 g/mol. The van der Waals surface area contributed by atoms with Crippen molar-refractivity contribution in [2.75, 3.05) is 12.1 Å². The molecule has 5 rings (SSSR count). The fourth-order valence-corrected chi connectivity index (χ4v) is 3.60. The van der Waals surface area contributed by atoms with Crippen molar-refractivity contribution < 1.29 is 14.3 Å². The number of benzene rings is 2. The molecule has 0 saturated carbocycles. The van der Waals surface area contributed by atoms with Gasteiger partial charge in [0.05, 0.1) is 16.5 Å². The maximum absolute atomic E-state index is 12.7. The Morgan fingerprint density at radius 1 is 1.19 bits per heavy atom. The largest absolute Gasteiger partial charge is 0.454 e. The molecule has 2 aromatic carbocycles. The third-order valence-electron chi connectivity index (χ3n) is 4.27. The minimum atomic E-state index is -0.159. The number of thiazole rings is 1. The third kappa shape index (κ3) is 2.89. The van der Waals surface area contributed by atoms with Gasteiger partial charge in [0.25, 0.3) is 0 Å². The van der Waals surface area contributed by atoms with Crippen LogP contribution in [0.25, 0.3) is 22.6 Å². The van der Waals surface area contributed by atoms with Crippen molar-refractivity contribution in [3.63, 3.8) is 0 Å². The zero-order chi connectivity index (χ0) is 18.2. The second-order valence-corrected chi connectivity index (χ2v) is 6.72. The monoisotopic (exact) mass is 378 g/mol. The van der Waals surface area contributed by atoms with E-state index >= 15 is 0 Å². The number of para-hydroxylation sites is 2. The second kappa shape index (κ2) is 6.40. The van der Waals surface area contributed by atoms with Gasteiger partial charge in [0.1, 0.15) is 12.2 Å². The lowest BCUT2D eigenvalue weighted by atomic mass is 10.2. The first-order valence-electron chi connectivity index (χ1n) is 8.31. The van der Waals surface area contributed by atoms with Gasteiger partial charge in [-0.1, -0.05) is 12.1 Å². The molecule has 0 saturated heterocycles. The molecule has 3 heterocycles. The number of hydrogen-bond acceptors (Lipinski definition) is 6. The topological polar surface area (TPSA) is 78.3 Å². The molecular formula is C19H14N4O3S. The number of aromatic nitrogens is 3. The third-order valence-corrected chi connectivity index (χ3v) is 4.86. The van der Waals surface area contributed by atoms with E-state index in [2.05, 4.69) is 15.3 Å². The molecule has 0 atom stereocenters. The van der Waals surface area contributed by atoms with Crippen LogP contribution in [-0.4, -0.2) is 27.2 Å². The Morgan fingerprint density at radius 3 is 2.96 bits per heavy atom. The quantitative estimate of drug-likeness (QED) is 0.588. The number of nitrogens with zero attached hydrogens (tertiary/aromatic N) is 3. The minimum absolute atomic E-state index is 0.127. The number of hydrogen-bond donors (Lipinski definition) is 1. The van der Waals surface area contributed by atoms with Crippen LogP contribution in [0.4, 0.5) is 5.69 Å². The van der Waals surface area contributed by atoms with E-state index in [1.54, 1.807) is 23.7 Å². The van der Waals surface area contributed by atoms with Crippen molar-refractivity contribution in [2.45, 2.75) is 6.54 Å². The van der Waals surface area contributed by atoms with Gasteiger partial charge in [0.15, 0.2) is 17.3 Å². The molecule has 1 aliphatic rings. The van der Waals surface area contributed by atoms with E-state index in [-0.39, 0.29) is 19.2 Å². The highest BCUT2D eigenvalue weighted by molar-refractivity contribution is 7.07. The van der Waals surface area contributed by atoms with E-state index in [0.717, 1.165) is 16.7 Å². The van der Waals surface area contributed by atoms with Crippen LogP contribution in [-0.2, 0) is 11.3 Å². The van der Waals surface area contributed by atoms with Crippen molar-refractivity contribution in [3.05, 3.63) is 53.4 Å². The molecule has 1 aliphatic heterocycles. The zero-order valence-corrected chi connectivity index (χ0v) is 14.9. The molecule has 2 aromatic heterocycles. The van der Waals surface area contributed by atoms with Gasteiger partial charge in [-0.25, -0.2) is 9.97 Å². The predicted octanol–water partition coefficient (Wildman–Crippen LogP) is 3.53. The molecule has 7 nitrogen and oxygen atoms in total. The maximum Gasteiger partial charge on any atom is 0.244 e. The molecule has 1 N–H and O–H groups in total. The average Bonchev–Trinajstić information content (AvgIpc) is 3.41. The van der Waals surface area contributed by atoms with E-state index in [4.69, 9.17) is 9.47 Å². The fraction of sp³-hybridized carbons (Fsp3) is 0.105. The molecule has 4 aromatic rings. The number of imidazole rings is 1. The first-order chi connectivity index (χ1) is 13.3. The average molecular weight is 378 g/mol. The Kier molecular flexibility index (Phi) is 3.75. The Hall–Kier alpha value is -3.39. The smallest absolute Gasteiger partial charge is 0.244 e. The molecule has 1 amide bonds. The Labute approximate surface area is 158 Å². The number of carbonyl (C=O) groups excluding carboxylic acids is 1. The number of carbonyl (C=O) groups is 1. The van der Waals surface area contributed by atoms with Crippen molar-refractivity contribution >= 4 is 34.0 Å². The number of fused-ring (bicyclic) bond motifs is 2. The lowest BCUT2D eigenvalue weighted by Crippen LogP contribution is -2.19. The summed E-state index contributed by atoms with van der Waals surface area (Å²) in [6, 6.07) is 13.1. The van der Waals surface area contributed by atoms with E-state index in [9.17, 15) is 4.79 Å². The second-order valence-electron chi connectivity index (χ2n) is 6.00. The van der Waals surface area contributed by atoms with Crippen LogP contribution in [0.15, 0.2) is 53.4 Å². The van der Waals surface area contributed by atoms with Crippen molar-refractivity contribution in [3.8, 4) is 23.0 Å². The SMILES string of the molecule is O=C(Cn1c(-c2cscn2)nc2ccccc21)Nc1ccc2c(c1)OCO2. The minimum Gasteiger partial charge on any atom is -0.454 e. The summed E-state index contributed by atoms with van der Waals surface area (Å²) in [5.41, 5.74) is 4.89. The van der Waals surface area contributed by atoms with Crippen LogP contribution in [0.1, 0.15) is 0 Å². The van der Waals surface area contributed by atoms with Crippen LogP contribution < -0.4 is 14.8 Å². The lowest BCUT2D eigenvalue weighted by Gasteiger charge is -2.09. The van der Waals surface area contributed by atoms with Gasteiger partial charge in [-0.05, 0) is 24.3 Å². The molecule has 8 heteroatoms. The van der Waals surface area contributed by atoms with E-state index in [1.165, 1.54) is 11.3 Å². The van der Waals surface area contributed by atoms with Crippen LogP contribution in [0.2, 0.25) is 0 Å². The molecule has 134 valence electrons. The molecule has 0 bridgehead atoms. The van der Waals surface area contributed by atoms with E-state index in [0.29, 0.717) is 23.0 Å². The van der Waals surface area contributed by atoms with Gasteiger partial charge < -0.3 is 19.4 Å². The van der Waals surface area contributed by atoms with Crippen molar-refractivity contribution in [1.82, 2.24) is 14.5 Å². The highest BCUT2D eigenvalue weighted by Gasteiger charge is 2.18. The summed E-state index contributed by atoms with van der Waals surface area (Å²) in [5, 5.41) is 4.83. The van der Waals surface area contributed by atoms with Crippen LogP contribution in [0.5, 0.6) is 11.5 Å². The van der Waals surface area contributed by atoms with Crippen LogP contribution >= 0.6 is 11.3 Å². The number of anilines is 1. The lowest BCUT2D eigenvalue weighted by molar-refractivity contribution is -0.116. The van der Waals surface area contributed by atoms with Crippen molar-refractivity contribution in [2.24, 2.45) is 0 Å². The Balaban J connectivity index is 1.45. The molecule has 0 radical (unpaired) electrons. The normalized spacial score (nSPS) is 12.4. The van der Waals surface area contributed by atoms with E-state index < -0.39 is 0 Å². The molecule has 0 spiro atoms. The number of ether oxygens (including phenoxy) is 2. The maximum atomic E-state index is 12.7. The highest BCUT2D eigenvalue weighted by Crippen LogP contribution is 2.34. The van der Waals surface area contributed by atoms with Crippen LogP contribution in [0.3, 0.4) is 0 Å². The summed E-state index contributed by atoms with van der Waals surface area (Å²) < 4.78 is 12.5. The summed E-state index contributed by atoms with van der Waals surface area (Å²) >= 11 is 1.50. The summed E-state index contributed by atoms with van der Waals surface area (Å²) in [4.78, 5) is 21.7. The van der Waals surface area contributed by atoms with Gasteiger partial charge in [-0.15, -0.1) is 11.3 Å². The molecule has 27 heavy (non-hydrogen) atoms. The fourth-order valence-electron chi connectivity index (χ4n) is 3.07. The Bertz CT molecular complexity index is 1140. The predicted molar refractivity (Wildman–Crippen MR) is 102 cm³/mol. The van der Waals surface area contributed by atoms with Crippen LogP contribution in [0, 0.1) is 0 Å². The summed E-state index contributed by atoms with van der Waals surface area (Å²) in [5.74, 6) is 1.83. The number of rotatable bonds is 4. The summed E-state index contributed by atoms with van der Waals surface area (Å²) in [6.07, 6.45) is 0. The van der Waals surface area contributed by atoms with Gasteiger partial charge >= 0.3 is 0 Å². The van der Waals surface area contributed by atoms with E-state index in [1.807, 2.05) is 34.2 Å². The summed E-state index contributed by atoms with van der Waals surface area (Å²) in [6.45, 7) is 0.326. The molecule has 0 fully saturated rings. The summed E-state index contributed by atoms with van der Waals surface area (Å²) in [7, 11) is 0. The number of nitrogens with one attached hydrogen (secondary N) is 1. The first-order valence-corrected chi connectivity index (χ1v) is 9.25. The van der Waals surface area contributed by atoms with Gasteiger partial charge in [0, 0.05) is 17.1 Å². The zero-order valence-electron chi connectivity index (χ0n) is 14.1. The highest BCUT2D eigenvalue weighted by atomic mass is 32.1. The first kappa shape index (κ1) is 15.8. The molecule has 0 unspecified atom stereocenters. The standard InChI is InChI=1S/C19H14N4O3S/c24-18(21-12-5-6-16-17(7-12)26-11-25-16)8-23-15-4-2-1-3-13(15)22-19(23)14-9-27-10-20-14/h1-7,9-10H,8,11H2,(H,21,24).